The lowest BCUT2D eigenvalue weighted by Crippen LogP contribution is -2.13. The van der Waals surface area contributed by atoms with Crippen LogP contribution in [-0.4, -0.2) is 41.3 Å². The molecule has 0 aliphatic heterocycles. The summed E-state index contributed by atoms with van der Waals surface area (Å²) in [5.41, 5.74) is 1.43. The average Bonchev–Trinajstić information content (AvgIpc) is 3.13. The van der Waals surface area contributed by atoms with Crippen molar-refractivity contribution in [1.29, 1.82) is 0 Å². The summed E-state index contributed by atoms with van der Waals surface area (Å²) in [6, 6.07) is 7.05. The predicted molar refractivity (Wildman–Crippen MR) is 63.5 cm³/mol. The van der Waals surface area contributed by atoms with Gasteiger partial charge in [0.2, 0.25) is 5.82 Å². The summed E-state index contributed by atoms with van der Waals surface area (Å²) in [7, 11) is 0. The summed E-state index contributed by atoms with van der Waals surface area (Å²) in [5, 5.41) is 19.6. The predicted octanol–water partition coefficient (Wildman–Crippen LogP) is 0.0327. The van der Waals surface area contributed by atoms with Gasteiger partial charge in [0.05, 0.1) is 5.69 Å². The van der Waals surface area contributed by atoms with Crippen molar-refractivity contribution < 1.29 is 4.79 Å². The summed E-state index contributed by atoms with van der Waals surface area (Å²) in [5.74, 6) is -0.197. The normalized spacial score (nSPS) is 10.3. The number of carbonyl (C=O) groups is 1. The highest BCUT2D eigenvalue weighted by Gasteiger charge is 2.08. The molecule has 2 aromatic heterocycles. The van der Waals surface area contributed by atoms with Gasteiger partial charge in [0.1, 0.15) is 12.7 Å². The lowest BCUT2D eigenvalue weighted by atomic mass is 10.3. The smallest absolute Gasteiger partial charge is 0.292 e. The molecular weight excluding hydrogens is 248 g/mol. The van der Waals surface area contributed by atoms with Gasteiger partial charge >= 0.3 is 0 Å². The fourth-order valence-electron chi connectivity index (χ4n) is 1.48. The highest BCUT2D eigenvalue weighted by Crippen LogP contribution is 2.12. The number of carbonyl (C=O) groups excluding carboxylic acids is 1. The van der Waals surface area contributed by atoms with E-state index in [1.807, 2.05) is 0 Å². The van der Waals surface area contributed by atoms with Gasteiger partial charge in [0.15, 0.2) is 0 Å². The Morgan fingerprint density at radius 2 is 2.11 bits per heavy atom. The molecule has 0 unspecified atom stereocenters. The van der Waals surface area contributed by atoms with E-state index in [1.165, 1.54) is 17.3 Å². The summed E-state index contributed by atoms with van der Waals surface area (Å²) in [6.45, 7) is 0. The van der Waals surface area contributed by atoms with E-state index in [2.05, 4.69) is 36.0 Å². The molecule has 0 radical (unpaired) electrons. The Hall–Kier alpha value is -3.10. The summed E-state index contributed by atoms with van der Waals surface area (Å²) in [4.78, 5) is 15.5. The first-order chi connectivity index (χ1) is 9.33. The van der Waals surface area contributed by atoms with E-state index >= 15 is 0 Å². The Morgan fingerprint density at radius 3 is 2.74 bits per heavy atom. The first kappa shape index (κ1) is 11.0. The van der Waals surface area contributed by atoms with Crippen molar-refractivity contribution in [2.45, 2.75) is 0 Å². The number of hydrogen-bond acceptors (Lipinski definition) is 6. The molecule has 0 aliphatic carbocycles. The number of rotatable bonds is 3. The molecule has 9 heteroatoms. The number of aromatic amines is 1. The van der Waals surface area contributed by atoms with Gasteiger partial charge in [0.25, 0.3) is 5.91 Å². The van der Waals surface area contributed by atoms with Crippen LogP contribution < -0.4 is 5.32 Å². The molecule has 0 saturated carbocycles. The van der Waals surface area contributed by atoms with Crippen LogP contribution in [0.5, 0.6) is 0 Å². The quantitative estimate of drug-likeness (QED) is 0.683. The van der Waals surface area contributed by atoms with Crippen molar-refractivity contribution in [3.63, 3.8) is 0 Å². The van der Waals surface area contributed by atoms with Gasteiger partial charge in [-0.05, 0) is 34.7 Å². The lowest BCUT2D eigenvalue weighted by molar-refractivity contribution is 0.101. The Labute approximate surface area is 106 Å². The van der Waals surface area contributed by atoms with Crippen LogP contribution in [0.15, 0.2) is 36.9 Å². The SMILES string of the molecule is O=C(Nc1ccc(-n2cnnn2)cc1)c1ncn[nH]1. The van der Waals surface area contributed by atoms with Crippen molar-refractivity contribution in [2.24, 2.45) is 0 Å². The molecular formula is C10H8N8O. The number of anilines is 1. The van der Waals surface area contributed by atoms with Crippen LogP contribution in [0.4, 0.5) is 5.69 Å². The van der Waals surface area contributed by atoms with Crippen LogP contribution in [0.1, 0.15) is 10.6 Å². The number of hydrogen-bond donors (Lipinski definition) is 2. The van der Waals surface area contributed by atoms with Crippen molar-refractivity contribution >= 4 is 11.6 Å². The zero-order valence-electron chi connectivity index (χ0n) is 9.56. The van der Waals surface area contributed by atoms with Crippen LogP contribution in [0, 0.1) is 0 Å². The van der Waals surface area contributed by atoms with E-state index in [0.29, 0.717) is 5.69 Å². The molecule has 0 spiro atoms. The molecule has 94 valence electrons. The first-order valence-corrected chi connectivity index (χ1v) is 5.33. The second kappa shape index (κ2) is 4.64. The maximum absolute atomic E-state index is 11.7. The Morgan fingerprint density at radius 1 is 1.26 bits per heavy atom. The number of nitrogens with zero attached hydrogens (tertiary/aromatic N) is 6. The van der Waals surface area contributed by atoms with Gasteiger partial charge in [-0.3, -0.25) is 9.89 Å². The molecule has 0 bridgehead atoms. The minimum absolute atomic E-state index is 0.157. The maximum atomic E-state index is 11.7. The molecule has 2 N–H and O–H groups in total. The van der Waals surface area contributed by atoms with Crippen LogP contribution in [-0.2, 0) is 0 Å². The largest absolute Gasteiger partial charge is 0.319 e. The summed E-state index contributed by atoms with van der Waals surface area (Å²) >= 11 is 0. The number of H-pyrrole nitrogens is 1. The standard InChI is InChI=1S/C10H8N8O/c19-10(9-11-5-12-15-9)14-7-1-3-8(4-2-7)18-6-13-16-17-18/h1-6H,(H,14,19)(H,11,12,15). The zero-order chi connectivity index (χ0) is 13.1. The Bertz CT molecular complexity index is 658. The molecule has 2 heterocycles. The topological polar surface area (TPSA) is 114 Å². The third kappa shape index (κ3) is 2.29. The molecule has 19 heavy (non-hydrogen) atoms. The Balaban J connectivity index is 1.75. The minimum Gasteiger partial charge on any atom is -0.319 e. The zero-order valence-corrected chi connectivity index (χ0v) is 9.56. The van der Waals surface area contributed by atoms with E-state index in [1.54, 1.807) is 24.3 Å². The second-order valence-corrected chi connectivity index (χ2v) is 3.59. The molecule has 3 rings (SSSR count). The minimum atomic E-state index is -0.354. The lowest BCUT2D eigenvalue weighted by Gasteiger charge is -2.04. The summed E-state index contributed by atoms with van der Waals surface area (Å²) < 4.78 is 1.52. The number of aromatic nitrogens is 7. The molecule has 0 fully saturated rings. The van der Waals surface area contributed by atoms with E-state index in [0.717, 1.165) is 5.69 Å². The first-order valence-electron chi connectivity index (χ1n) is 5.33. The van der Waals surface area contributed by atoms with E-state index in [-0.39, 0.29) is 11.7 Å². The molecule has 9 nitrogen and oxygen atoms in total. The number of amides is 1. The van der Waals surface area contributed by atoms with Crippen molar-refractivity contribution in [3.05, 3.63) is 42.7 Å². The molecule has 0 saturated heterocycles. The van der Waals surface area contributed by atoms with Gasteiger partial charge in [-0.25, -0.2) is 9.67 Å². The van der Waals surface area contributed by atoms with Gasteiger partial charge < -0.3 is 5.32 Å². The third-order valence-corrected chi connectivity index (χ3v) is 2.37. The third-order valence-electron chi connectivity index (χ3n) is 2.37. The monoisotopic (exact) mass is 256 g/mol. The van der Waals surface area contributed by atoms with E-state index in [4.69, 9.17) is 0 Å². The number of nitrogens with one attached hydrogen (secondary N) is 2. The molecule has 0 atom stereocenters. The van der Waals surface area contributed by atoms with Gasteiger partial charge in [0, 0.05) is 5.69 Å². The van der Waals surface area contributed by atoms with Crippen molar-refractivity contribution in [2.75, 3.05) is 5.32 Å². The van der Waals surface area contributed by atoms with Crippen LogP contribution in [0.25, 0.3) is 5.69 Å². The maximum Gasteiger partial charge on any atom is 0.292 e. The van der Waals surface area contributed by atoms with Gasteiger partial charge in [-0.1, -0.05) is 0 Å². The fourth-order valence-corrected chi connectivity index (χ4v) is 1.48. The van der Waals surface area contributed by atoms with Gasteiger partial charge in [-0.2, -0.15) is 5.10 Å². The van der Waals surface area contributed by atoms with E-state index in [9.17, 15) is 4.79 Å². The molecule has 1 aromatic carbocycles. The Kier molecular flexibility index (Phi) is 2.69. The van der Waals surface area contributed by atoms with Crippen LogP contribution >= 0.6 is 0 Å². The molecule has 3 aromatic rings. The van der Waals surface area contributed by atoms with E-state index < -0.39 is 0 Å². The average molecular weight is 256 g/mol. The van der Waals surface area contributed by atoms with Gasteiger partial charge in [-0.15, -0.1) is 5.10 Å². The number of tetrazole rings is 1. The molecule has 0 aliphatic rings. The second-order valence-electron chi connectivity index (χ2n) is 3.59. The summed E-state index contributed by atoms with van der Waals surface area (Å²) in [6.07, 6.45) is 2.76. The highest BCUT2D eigenvalue weighted by molar-refractivity contribution is 6.01. The van der Waals surface area contributed by atoms with Crippen LogP contribution in [0.2, 0.25) is 0 Å². The van der Waals surface area contributed by atoms with Crippen LogP contribution in [0.3, 0.4) is 0 Å². The molecule has 1 amide bonds. The fraction of sp³-hybridized carbons (Fsp3) is 0. The van der Waals surface area contributed by atoms with Crippen molar-refractivity contribution in [1.82, 2.24) is 35.4 Å². The van der Waals surface area contributed by atoms with Crippen molar-refractivity contribution in [3.8, 4) is 5.69 Å². The number of benzene rings is 1. The highest BCUT2D eigenvalue weighted by atomic mass is 16.2.